The summed E-state index contributed by atoms with van der Waals surface area (Å²) in [5.41, 5.74) is 1.64. The summed E-state index contributed by atoms with van der Waals surface area (Å²) in [5.74, 6) is 0.0206. The number of carbonyl (C=O) groups is 1. The average Bonchev–Trinajstić information content (AvgIpc) is 2.90. The highest BCUT2D eigenvalue weighted by Gasteiger charge is 2.12. The first-order chi connectivity index (χ1) is 11.5. The molecule has 0 bridgehead atoms. The van der Waals surface area contributed by atoms with Crippen LogP contribution in [0.25, 0.3) is 5.65 Å². The molecule has 122 valence electrons. The number of esters is 1. The first kappa shape index (κ1) is 15.9. The van der Waals surface area contributed by atoms with Crippen molar-refractivity contribution < 1.29 is 14.6 Å². The fraction of sp³-hybridized carbons (Fsp3) is 0.125. The Hall–Kier alpha value is -2.93. The molecule has 0 saturated carbocycles. The highest BCUT2D eigenvalue weighted by atomic mass is 35.5. The lowest BCUT2D eigenvalue weighted by Crippen LogP contribution is -2.00. The van der Waals surface area contributed by atoms with Gasteiger partial charge in [0.25, 0.3) is 0 Å². The van der Waals surface area contributed by atoms with Gasteiger partial charge in [0.2, 0.25) is 0 Å². The van der Waals surface area contributed by atoms with E-state index in [2.05, 4.69) is 19.9 Å². The van der Waals surface area contributed by atoms with Crippen molar-refractivity contribution in [2.75, 3.05) is 7.11 Å². The van der Waals surface area contributed by atoms with E-state index in [-0.39, 0.29) is 5.75 Å². The topological polar surface area (TPSA) is 88.5 Å². The number of halogens is 1. The van der Waals surface area contributed by atoms with Gasteiger partial charge in [0.15, 0.2) is 17.2 Å². The second kappa shape index (κ2) is 6.29. The Labute approximate surface area is 142 Å². The molecule has 3 aromatic rings. The molecule has 1 N–H and O–H groups in total. The number of benzene rings is 1. The molecule has 0 amide bonds. The van der Waals surface area contributed by atoms with Crippen LogP contribution in [0.15, 0.2) is 46.8 Å². The molecular weight excluding hydrogens is 332 g/mol. The SMILES string of the molecule is COC(=O)c1ccc(Cl)c(N=Nc2c(C)nc3c(O)cccn23)c1. The van der Waals surface area contributed by atoms with Gasteiger partial charge in [-0.05, 0) is 37.3 Å². The van der Waals surface area contributed by atoms with Crippen molar-refractivity contribution in [2.45, 2.75) is 6.92 Å². The quantitative estimate of drug-likeness (QED) is 0.569. The summed E-state index contributed by atoms with van der Waals surface area (Å²) in [6.07, 6.45) is 1.72. The van der Waals surface area contributed by atoms with E-state index in [1.165, 1.54) is 13.2 Å². The second-order valence-electron chi connectivity index (χ2n) is 4.97. The molecule has 0 saturated heterocycles. The predicted molar refractivity (Wildman–Crippen MR) is 88.6 cm³/mol. The maximum Gasteiger partial charge on any atom is 0.337 e. The Morgan fingerprint density at radius 1 is 1.33 bits per heavy atom. The number of imidazole rings is 1. The van der Waals surface area contributed by atoms with Crippen LogP contribution in [0.4, 0.5) is 11.5 Å². The van der Waals surface area contributed by atoms with E-state index in [9.17, 15) is 9.90 Å². The summed E-state index contributed by atoms with van der Waals surface area (Å²) in [6.45, 7) is 1.76. The van der Waals surface area contributed by atoms with Crippen molar-refractivity contribution >= 4 is 34.7 Å². The van der Waals surface area contributed by atoms with E-state index in [1.54, 1.807) is 41.8 Å². The molecule has 0 fully saturated rings. The van der Waals surface area contributed by atoms with Crippen LogP contribution in [-0.4, -0.2) is 27.6 Å². The monoisotopic (exact) mass is 344 g/mol. The van der Waals surface area contributed by atoms with Gasteiger partial charge in [0.05, 0.1) is 23.4 Å². The van der Waals surface area contributed by atoms with Crippen LogP contribution in [0.1, 0.15) is 16.1 Å². The smallest absolute Gasteiger partial charge is 0.337 e. The molecule has 8 heteroatoms. The molecule has 3 rings (SSSR count). The van der Waals surface area contributed by atoms with Crippen LogP contribution >= 0.6 is 11.6 Å². The van der Waals surface area contributed by atoms with Gasteiger partial charge in [-0.25, -0.2) is 9.78 Å². The van der Waals surface area contributed by atoms with Crippen molar-refractivity contribution in [3.05, 3.63) is 52.8 Å². The van der Waals surface area contributed by atoms with Crippen molar-refractivity contribution in [1.29, 1.82) is 0 Å². The number of aromatic hydroxyl groups is 1. The Balaban J connectivity index is 2.04. The molecule has 1 aromatic carbocycles. The van der Waals surface area contributed by atoms with Gasteiger partial charge in [-0.1, -0.05) is 11.6 Å². The molecule has 24 heavy (non-hydrogen) atoms. The lowest BCUT2D eigenvalue weighted by molar-refractivity contribution is 0.0601. The van der Waals surface area contributed by atoms with E-state index in [1.807, 2.05) is 0 Å². The standard InChI is InChI=1S/C16H13ClN4O3/c1-9-14(21-7-3-4-13(22)15(21)18-9)20-19-12-8-10(16(23)24-2)5-6-11(12)17/h3-8,22H,1-2H3. The predicted octanol–water partition coefficient (Wildman–Crippen LogP) is 4.20. The molecule has 0 aliphatic heterocycles. The van der Waals surface area contributed by atoms with E-state index in [0.717, 1.165) is 0 Å². The van der Waals surface area contributed by atoms with E-state index in [0.29, 0.717) is 33.4 Å². The molecule has 7 nitrogen and oxygen atoms in total. The fourth-order valence-electron chi connectivity index (χ4n) is 2.21. The Morgan fingerprint density at radius 2 is 2.12 bits per heavy atom. The first-order valence-electron chi connectivity index (χ1n) is 6.97. The third-order valence-electron chi connectivity index (χ3n) is 3.39. The molecule has 2 heterocycles. The number of pyridine rings is 1. The van der Waals surface area contributed by atoms with Crippen LogP contribution in [0.2, 0.25) is 5.02 Å². The van der Waals surface area contributed by atoms with Gasteiger partial charge < -0.3 is 9.84 Å². The molecule has 0 aliphatic rings. The van der Waals surface area contributed by atoms with Crippen molar-refractivity contribution in [3.8, 4) is 5.75 Å². The number of hydrogen-bond acceptors (Lipinski definition) is 6. The Kier molecular flexibility index (Phi) is 4.18. The fourth-order valence-corrected chi connectivity index (χ4v) is 2.37. The van der Waals surface area contributed by atoms with E-state index >= 15 is 0 Å². The molecule has 2 aromatic heterocycles. The number of methoxy groups -OCH3 is 1. The molecule has 0 aliphatic carbocycles. The zero-order chi connectivity index (χ0) is 17.3. The van der Waals surface area contributed by atoms with E-state index < -0.39 is 5.97 Å². The maximum atomic E-state index is 11.6. The number of nitrogens with zero attached hydrogens (tertiary/aromatic N) is 4. The van der Waals surface area contributed by atoms with Crippen LogP contribution in [-0.2, 0) is 4.74 Å². The molecule has 0 atom stereocenters. The van der Waals surface area contributed by atoms with Crippen LogP contribution in [0.3, 0.4) is 0 Å². The van der Waals surface area contributed by atoms with Gasteiger partial charge in [0.1, 0.15) is 5.69 Å². The van der Waals surface area contributed by atoms with E-state index in [4.69, 9.17) is 11.6 Å². The summed E-state index contributed by atoms with van der Waals surface area (Å²) in [5, 5.41) is 18.5. The normalized spacial score (nSPS) is 11.3. The second-order valence-corrected chi connectivity index (χ2v) is 5.37. The number of carbonyl (C=O) groups excluding carboxylic acids is 1. The Morgan fingerprint density at radius 3 is 2.88 bits per heavy atom. The number of fused-ring (bicyclic) bond motifs is 1. The highest BCUT2D eigenvalue weighted by Crippen LogP contribution is 2.30. The number of aromatic nitrogens is 2. The van der Waals surface area contributed by atoms with Gasteiger partial charge in [-0.15, -0.1) is 10.2 Å². The minimum absolute atomic E-state index is 0.0489. The third-order valence-corrected chi connectivity index (χ3v) is 3.71. The van der Waals surface area contributed by atoms with Gasteiger partial charge in [-0.2, -0.15) is 0 Å². The van der Waals surface area contributed by atoms with Crippen LogP contribution in [0, 0.1) is 6.92 Å². The number of ether oxygens (including phenoxy) is 1. The lowest BCUT2D eigenvalue weighted by Gasteiger charge is -2.02. The summed E-state index contributed by atoms with van der Waals surface area (Å²) in [7, 11) is 1.30. The average molecular weight is 345 g/mol. The third kappa shape index (κ3) is 2.81. The molecule has 0 unspecified atom stereocenters. The van der Waals surface area contributed by atoms with Crippen LogP contribution in [0.5, 0.6) is 5.75 Å². The lowest BCUT2D eigenvalue weighted by atomic mass is 10.2. The number of azo groups is 1. The summed E-state index contributed by atoms with van der Waals surface area (Å²) < 4.78 is 6.29. The largest absolute Gasteiger partial charge is 0.504 e. The Bertz CT molecular complexity index is 965. The van der Waals surface area contributed by atoms with Crippen molar-refractivity contribution in [1.82, 2.24) is 9.38 Å². The summed E-state index contributed by atoms with van der Waals surface area (Å²) in [6, 6.07) is 7.81. The zero-order valence-corrected chi connectivity index (χ0v) is 13.7. The zero-order valence-electron chi connectivity index (χ0n) is 12.9. The first-order valence-corrected chi connectivity index (χ1v) is 7.35. The summed E-state index contributed by atoms with van der Waals surface area (Å²) >= 11 is 6.10. The number of rotatable bonds is 3. The molecule has 0 spiro atoms. The molecular formula is C16H13ClN4O3. The van der Waals surface area contributed by atoms with Crippen molar-refractivity contribution in [2.24, 2.45) is 10.2 Å². The van der Waals surface area contributed by atoms with Gasteiger partial charge in [0, 0.05) is 6.20 Å². The van der Waals surface area contributed by atoms with Crippen LogP contribution < -0.4 is 0 Å². The summed E-state index contributed by atoms with van der Waals surface area (Å²) in [4.78, 5) is 15.9. The molecule has 0 radical (unpaired) electrons. The minimum atomic E-state index is -0.487. The number of hydrogen-bond donors (Lipinski definition) is 1. The minimum Gasteiger partial charge on any atom is -0.504 e. The number of aryl methyl sites for hydroxylation is 1. The maximum absolute atomic E-state index is 11.6. The van der Waals surface area contributed by atoms with Gasteiger partial charge >= 0.3 is 5.97 Å². The van der Waals surface area contributed by atoms with Crippen molar-refractivity contribution in [3.63, 3.8) is 0 Å². The van der Waals surface area contributed by atoms with Gasteiger partial charge in [-0.3, -0.25) is 4.40 Å². The highest BCUT2D eigenvalue weighted by molar-refractivity contribution is 6.33.